The number of carboxylic acid groups (broad SMARTS) is 1. The van der Waals surface area contributed by atoms with Gasteiger partial charge in [-0.05, 0) is 28.7 Å². The highest BCUT2D eigenvalue weighted by molar-refractivity contribution is 5.86. The van der Waals surface area contributed by atoms with Gasteiger partial charge < -0.3 is 25.6 Å². The van der Waals surface area contributed by atoms with Gasteiger partial charge in [0.15, 0.2) is 0 Å². The van der Waals surface area contributed by atoms with Crippen LogP contribution in [0.5, 0.6) is 0 Å². The molecule has 0 bridgehead atoms. The number of carbonyl (C=O) groups excluding carboxylic acids is 2. The summed E-state index contributed by atoms with van der Waals surface area (Å²) in [5.41, 5.74) is 4.55. The monoisotopic (exact) mass is 450 g/mol. The predicted molar refractivity (Wildman–Crippen MR) is 121 cm³/mol. The zero-order valence-electron chi connectivity index (χ0n) is 17.9. The summed E-state index contributed by atoms with van der Waals surface area (Å²) < 4.78 is 5.54. The van der Waals surface area contributed by atoms with Crippen LogP contribution < -0.4 is 10.6 Å². The normalized spacial score (nSPS) is 19.4. The first-order valence-corrected chi connectivity index (χ1v) is 10.9. The number of hydrogen-bond acceptors (Lipinski definition) is 5. The van der Waals surface area contributed by atoms with Crippen LogP contribution in [0.1, 0.15) is 29.9 Å². The summed E-state index contributed by atoms with van der Waals surface area (Å²) in [4.78, 5) is 36.0. The van der Waals surface area contributed by atoms with E-state index in [0.29, 0.717) is 6.42 Å². The molecule has 8 nitrogen and oxygen atoms in total. The first-order valence-electron chi connectivity index (χ1n) is 10.9. The summed E-state index contributed by atoms with van der Waals surface area (Å²) in [7, 11) is 0. The largest absolute Gasteiger partial charge is 0.480 e. The van der Waals surface area contributed by atoms with Gasteiger partial charge in [0.25, 0.3) is 0 Å². The molecular weight excluding hydrogens is 424 g/mol. The number of ether oxygens (including phenoxy) is 1. The highest BCUT2D eigenvalue weighted by Gasteiger charge is 2.31. The Morgan fingerprint density at radius 1 is 1.00 bits per heavy atom. The maximum absolute atomic E-state index is 12.4. The minimum Gasteiger partial charge on any atom is -0.480 e. The van der Waals surface area contributed by atoms with E-state index >= 15 is 0 Å². The van der Waals surface area contributed by atoms with Crippen molar-refractivity contribution in [2.75, 3.05) is 13.2 Å². The fraction of sp³-hybridized carbons (Fsp3) is 0.320. The molecular formula is C25H26N2O6. The number of aliphatic hydroxyl groups is 1. The summed E-state index contributed by atoms with van der Waals surface area (Å²) in [6, 6.07) is 14.6. The first-order chi connectivity index (χ1) is 16.0. The van der Waals surface area contributed by atoms with Crippen molar-refractivity contribution in [2.24, 2.45) is 5.92 Å². The van der Waals surface area contributed by atoms with E-state index in [4.69, 9.17) is 14.9 Å². The van der Waals surface area contributed by atoms with Crippen molar-refractivity contribution < 1.29 is 29.3 Å². The molecule has 172 valence electrons. The molecule has 2 aliphatic carbocycles. The topological polar surface area (TPSA) is 125 Å². The Hall–Kier alpha value is -3.65. The fourth-order valence-electron chi connectivity index (χ4n) is 4.46. The van der Waals surface area contributed by atoms with Crippen molar-refractivity contribution in [1.82, 2.24) is 10.6 Å². The minimum absolute atomic E-state index is 0.0414. The average molecular weight is 450 g/mol. The number of nitrogens with one attached hydrogen (secondary N) is 2. The highest BCUT2D eigenvalue weighted by atomic mass is 16.5. The van der Waals surface area contributed by atoms with Crippen molar-refractivity contribution in [2.45, 2.75) is 30.8 Å². The number of alkyl carbamates (subject to hydrolysis) is 1. The second-order valence-corrected chi connectivity index (χ2v) is 8.22. The van der Waals surface area contributed by atoms with E-state index in [0.717, 1.165) is 22.3 Å². The molecule has 2 aromatic carbocycles. The molecule has 0 spiro atoms. The number of rotatable bonds is 8. The molecule has 3 atom stereocenters. The van der Waals surface area contributed by atoms with Crippen LogP contribution in [0.3, 0.4) is 0 Å². The number of carbonyl (C=O) groups is 3. The van der Waals surface area contributed by atoms with Crippen LogP contribution >= 0.6 is 0 Å². The van der Waals surface area contributed by atoms with Gasteiger partial charge in [-0.2, -0.15) is 0 Å². The molecule has 0 saturated heterocycles. The van der Waals surface area contributed by atoms with E-state index in [1.54, 1.807) is 12.2 Å². The summed E-state index contributed by atoms with van der Waals surface area (Å²) >= 11 is 0. The maximum Gasteiger partial charge on any atom is 0.407 e. The van der Waals surface area contributed by atoms with Gasteiger partial charge in [-0.25, -0.2) is 9.59 Å². The van der Waals surface area contributed by atoms with Crippen molar-refractivity contribution in [3.05, 3.63) is 71.8 Å². The van der Waals surface area contributed by atoms with Crippen LogP contribution in [0, 0.1) is 5.92 Å². The maximum atomic E-state index is 12.4. The van der Waals surface area contributed by atoms with E-state index in [-0.39, 0.29) is 25.6 Å². The molecule has 2 amide bonds. The van der Waals surface area contributed by atoms with Gasteiger partial charge in [-0.1, -0.05) is 60.7 Å². The fourth-order valence-corrected chi connectivity index (χ4v) is 4.46. The second-order valence-electron chi connectivity index (χ2n) is 8.22. The van der Waals surface area contributed by atoms with Crippen LogP contribution in [-0.2, 0) is 14.3 Å². The standard InChI is InChI=1S/C25H26N2O6/c28-12-11-22(24(30)31)27-23(29)15-9-10-16(13-15)26-25(32)33-14-21-19-7-3-1-5-17(19)18-6-2-4-8-20(18)21/h1-10,15-16,21-22,28H,11-14H2,(H,26,32)(H,27,29)(H,30,31)/t15?,16?,22-/m0/s1. The van der Waals surface area contributed by atoms with Crippen LogP contribution in [0.4, 0.5) is 4.79 Å². The molecule has 8 heteroatoms. The molecule has 2 aliphatic rings. The van der Waals surface area contributed by atoms with Crippen LogP contribution in [0.2, 0.25) is 0 Å². The smallest absolute Gasteiger partial charge is 0.407 e. The van der Waals surface area contributed by atoms with Crippen LogP contribution in [0.15, 0.2) is 60.7 Å². The lowest BCUT2D eigenvalue weighted by atomic mass is 9.98. The Morgan fingerprint density at radius 3 is 2.24 bits per heavy atom. The summed E-state index contributed by atoms with van der Waals surface area (Å²) in [5.74, 6) is -2.26. The molecule has 33 heavy (non-hydrogen) atoms. The van der Waals surface area contributed by atoms with E-state index in [2.05, 4.69) is 22.8 Å². The molecule has 0 radical (unpaired) electrons. The van der Waals surface area contributed by atoms with Gasteiger partial charge in [0.1, 0.15) is 12.6 Å². The van der Waals surface area contributed by atoms with Crippen molar-refractivity contribution >= 4 is 18.0 Å². The van der Waals surface area contributed by atoms with Crippen LogP contribution in [-0.4, -0.2) is 53.5 Å². The Balaban J connectivity index is 1.30. The van der Waals surface area contributed by atoms with Gasteiger partial charge in [0, 0.05) is 18.9 Å². The summed E-state index contributed by atoms with van der Waals surface area (Å²) in [6.07, 6.45) is 3.01. The van der Waals surface area contributed by atoms with Gasteiger partial charge in [-0.15, -0.1) is 0 Å². The average Bonchev–Trinajstić information content (AvgIpc) is 3.40. The molecule has 0 heterocycles. The van der Waals surface area contributed by atoms with Crippen molar-refractivity contribution in [1.29, 1.82) is 0 Å². The lowest BCUT2D eigenvalue weighted by Crippen LogP contribution is -2.44. The second kappa shape index (κ2) is 9.87. The molecule has 2 unspecified atom stereocenters. The predicted octanol–water partition coefficient (Wildman–Crippen LogP) is 2.42. The third-order valence-corrected chi connectivity index (χ3v) is 6.10. The zero-order valence-corrected chi connectivity index (χ0v) is 17.9. The molecule has 0 aromatic heterocycles. The first kappa shape index (κ1) is 22.5. The van der Waals surface area contributed by atoms with Crippen molar-refractivity contribution in [3.63, 3.8) is 0 Å². The minimum atomic E-state index is -1.20. The van der Waals surface area contributed by atoms with Gasteiger partial charge in [-0.3, -0.25) is 4.79 Å². The molecule has 0 aliphatic heterocycles. The molecule has 0 saturated carbocycles. The Morgan fingerprint density at radius 2 is 1.64 bits per heavy atom. The van der Waals surface area contributed by atoms with Gasteiger partial charge in [0.2, 0.25) is 5.91 Å². The number of amides is 2. The number of fused-ring (bicyclic) bond motifs is 3. The summed E-state index contributed by atoms with van der Waals surface area (Å²) in [5, 5.41) is 23.2. The molecule has 4 N–H and O–H groups in total. The third-order valence-electron chi connectivity index (χ3n) is 6.10. The SMILES string of the molecule is O=C(NC1C=CC(C(=O)N[C@@H](CCO)C(=O)O)C1)OCC1c2ccccc2-c2ccccc21. The Bertz CT molecular complexity index is 1040. The van der Waals surface area contributed by atoms with E-state index in [9.17, 15) is 14.4 Å². The number of benzene rings is 2. The van der Waals surface area contributed by atoms with E-state index in [1.807, 2.05) is 36.4 Å². The summed E-state index contributed by atoms with van der Waals surface area (Å²) in [6.45, 7) is -0.147. The Kier molecular flexibility index (Phi) is 6.74. The Labute approximate surface area is 191 Å². The lowest BCUT2D eigenvalue weighted by molar-refractivity contribution is -0.142. The van der Waals surface area contributed by atoms with Gasteiger partial charge in [0.05, 0.1) is 12.0 Å². The van der Waals surface area contributed by atoms with E-state index in [1.165, 1.54) is 0 Å². The molecule has 4 rings (SSSR count). The highest BCUT2D eigenvalue weighted by Crippen LogP contribution is 2.44. The van der Waals surface area contributed by atoms with E-state index < -0.39 is 36.0 Å². The van der Waals surface area contributed by atoms with Gasteiger partial charge >= 0.3 is 12.1 Å². The number of aliphatic carboxylic acids is 1. The van der Waals surface area contributed by atoms with Crippen molar-refractivity contribution in [3.8, 4) is 11.1 Å². The quantitative estimate of drug-likeness (QED) is 0.458. The zero-order chi connectivity index (χ0) is 23.4. The lowest BCUT2D eigenvalue weighted by Gasteiger charge is -2.18. The number of hydrogen-bond donors (Lipinski definition) is 4. The van der Waals surface area contributed by atoms with Crippen LogP contribution in [0.25, 0.3) is 11.1 Å². The molecule has 0 fully saturated rings. The molecule has 2 aromatic rings. The third kappa shape index (κ3) is 4.90. The number of carboxylic acids is 1. The number of aliphatic hydroxyl groups excluding tert-OH is 1.